The molecule has 0 aromatic heterocycles. The fourth-order valence-corrected chi connectivity index (χ4v) is 3.08. The molecule has 1 unspecified atom stereocenters. The number of hydrogen-bond acceptors (Lipinski definition) is 2. The summed E-state index contributed by atoms with van der Waals surface area (Å²) in [5.41, 5.74) is 1.38. The van der Waals surface area contributed by atoms with Crippen molar-refractivity contribution in [2.75, 3.05) is 24.5 Å². The number of nitrogens with zero attached hydrogens (tertiary/aromatic N) is 1. The zero-order valence-electron chi connectivity index (χ0n) is 12.3. The molecule has 20 heavy (non-hydrogen) atoms. The predicted molar refractivity (Wildman–Crippen MR) is 87.5 cm³/mol. The Morgan fingerprint density at radius 3 is 2.80 bits per heavy atom. The van der Waals surface area contributed by atoms with Gasteiger partial charge in [-0.25, -0.2) is 0 Å². The maximum absolute atomic E-state index is 3.65. The summed E-state index contributed by atoms with van der Waals surface area (Å²) in [6.45, 7) is 5.73. The van der Waals surface area contributed by atoms with Gasteiger partial charge >= 0.3 is 0 Å². The van der Waals surface area contributed by atoms with Crippen molar-refractivity contribution < 1.29 is 0 Å². The number of hydrogen-bond donors (Lipinski definition) is 1. The SMILES string of the molecule is CCC1CCN(c2ccc3ccccc3c2)CCCN1. The van der Waals surface area contributed by atoms with Crippen LogP contribution in [0.1, 0.15) is 26.2 Å². The molecule has 2 aromatic rings. The summed E-state index contributed by atoms with van der Waals surface area (Å²) in [6, 6.07) is 16.2. The molecule has 1 aliphatic rings. The summed E-state index contributed by atoms with van der Waals surface area (Å²) < 4.78 is 0. The zero-order chi connectivity index (χ0) is 13.8. The van der Waals surface area contributed by atoms with E-state index in [1.165, 1.54) is 35.7 Å². The number of anilines is 1. The van der Waals surface area contributed by atoms with Gasteiger partial charge in [0.15, 0.2) is 0 Å². The molecule has 0 bridgehead atoms. The smallest absolute Gasteiger partial charge is 0.0372 e. The van der Waals surface area contributed by atoms with E-state index >= 15 is 0 Å². The molecule has 0 aliphatic carbocycles. The summed E-state index contributed by atoms with van der Waals surface area (Å²) in [4.78, 5) is 2.55. The Kier molecular flexibility index (Phi) is 4.22. The van der Waals surface area contributed by atoms with Crippen LogP contribution in [0.2, 0.25) is 0 Å². The quantitative estimate of drug-likeness (QED) is 0.891. The third kappa shape index (κ3) is 2.96. The lowest BCUT2D eigenvalue weighted by Gasteiger charge is -2.30. The third-order valence-corrected chi connectivity index (χ3v) is 4.38. The molecule has 0 spiro atoms. The van der Waals surface area contributed by atoms with Gasteiger partial charge < -0.3 is 10.2 Å². The van der Waals surface area contributed by atoms with Crippen LogP contribution in [0.5, 0.6) is 0 Å². The highest BCUT2D eigenvalue weighted by molar-refractivity contribution is 5.85. The van der Waals surface area contributed by atoms with Crippen molar-refractivity contribution in [2.45, 2.75) is 32.2 Å². The summed E-state index contributed by atoms with van der Waals surface area (Å²) in [6.07, 6.45) is 3.69. The zero-order valence-corrected chi connectivity index (χ0v) is 12.3. The second kappa shape index (κ2) is 6.27. The number of benzene rings is 2. The molecule has 2 nitrogen and oxygen atoms in total. The highest BCUT2D eigenvalue weighted by Crippen LogP contribution is 2.23. The predicted octanol–water partition coefficient (Wildman–Crippen LogP) is 3.81. The molecule has 1 saturated heterocycles. The van der Waals surface area contributed by atoms with Crippen molar-refractivity contribution in [1.82, 2.24) is 5.32 Å². The van der Waals surface area contributed by atoms with E-state index in [1.54, 1.807) is 0 Å². The highest BCUT2D eigenvalue weighted by atomic mass is 15.1. The molecule has 2 heteroatoms. The average Bonchev–Trinajstić information content (AvgIpc) is 2.47. The van der Waals surface area contributed by atoms with Gasteiger partial charge in [0.25, 0.3) is 0 Å². The summed E-state index contributed by atoms with van der Waals surface area (Å²) >= 11 is 0. The fraction of sp³-hybridized carbons (Fsp3) is 0.444. The van der Waals surface area contributed by atoms with Gasteiger partial charge in [0.2, 0.25) is 0 Å². The van der Waals surface area contributed by atoms with Crippen molar-refractivity contribution in [1.29, 1.82) is 0 Å². The lowest BCUT2D eigenvalue weighted by Crippen LogP contribution is -2.39. The van der Waals surface area contributed by atoms with Crippen LogP contribution in [0.15, 0.2) is 42.5 Å². The van der Waals surface area contributed by atoms with Gasteiger partial charge in [0.1, 0.15) is 0 Å². The van der Waals surface area contributed by atoms with Gasteiger partial charge in [-0.05, 0) is 48.7 Å². The van der Waals surface area contributed by atoms with E-state index < -0.39 is 0 Å². The van der Waals surface area contributed by atoms with E-state index in [-0.39, 0.29) is 0 Å². The molecule has 106 valence electrons. The van der Waals surface area contributed by atoms with E-state index in [0.717, 1.165) is 19.6 Å². The van der Waals surface area contributed by atoms with Gasteiger partial charge in [-0.1, -0.05) is 37.3 Å². The molecule has 2 aromatic carbocycles. The van der Waals surface area contributed by atoms with Crippen LogP contribution in [0.25, 0.3) is 10.8 Å². The molecule has 0 amide bonds. The normalized spacial score (nSPS) is 20.6. The van der Waals surface area contributed by atoms with Crippen molar-refractivity contribution >= 4 is 16.5 Å². The van der Waals surface area contributed by atoms with E-state index in [2.05, 4.69) is 59.6 Å². The van der Waals surface area contributed by atoms with E-state index in [0.29, 0.717) is 6.04 Å². The minimum atomic E-state index is 0.679. The molecular weight excluding hydrogens is 244 g/mol. The summed E-state index contributed by atoms with van der Waals surface area (Å²) in [5, 5.41) is 6.32. The average molecular weight is 268 g/mol. The van der Waals surface area contributed by atoms with E-state index in [9.17, 15) is 0 Å². The fourth-order valence-electron chi connectivity index (χ4n) is 3.08. The van der Waals surface area contributed by atoms with Crippen LogP contribution in [0.3, 0.4) is 0 Å². The summed E-state index contributed by atoms with van der Waals surface area (Å²) in [5.74, 6) is 0. The van der Waals surface area contributed by atoms with Gasteiger partial charge in [-0.2, -0.15) is 0 Å². The van der Waals surface area contributed by atoms with Crippen LogP contribution in [0, 0.1) is 0 Å². The molecule has 1 atom stereocenters. The first-order valence-electron chi connectivity index (χ1n) is 7.84. The molecule has 1 fully saturated rings. The molecule has 3 rings (SSSR count). The van der Waals surface area contributed by atoms with Gasteiger partial charge in [-0.3, -0.25) is 0 Å². The van der Waals surface area contributed by atoms with E-state index in [4.69, 9.17) is 0 Å². The molecule has 1 heterocycles. The Hall–Kier alpha value is -1.54. The Balaban J connectivity index is 1.81. The topological polar surface area (TPSA) is 15.3 Å². The first kappa shape index (κ1) is 13.4. The Morgan fingerprint density at radius 2 is 1.95 bits per heavy atom. The molecule has 0 saturated carbocycles. The molecule has 0 radical (unpaired) electrons. The monoisotopic (exact) mass is 268 g/mol. The molecule has 1 N–H and O–H groups in total. The van der Waals surface area contributed by atoms with Crippen LogP contribution in [0.4, 0.5) is 5.69 Å². The summed E-state index contributed by atoms with van der Waals surface area (Å²) in [7, 11) is 0. The molecule has 1 aliphatic heterocycles. The molecular formula is C18H24N2. The van der Waals surface area contributed by atoms with Crippen molar-refractivity contribution in [3.05, 3.63) is 42.5 Å². The van der Waals surface area contributed by atoms with Gasteiger partial charge in [-0.15, -0.1) is 0 Å². The second-order valence-corrected chi connectivity index (χ2v) is 5.72. The third-order valence-electron chi connectivity index (χ3n) is 4.38. The minimum absolute atomic E-state index is 0.679. The Labute approximate surface area is 121 Å². The first-order valence-corrected chi connectivity index (χ1v) is 7.84. The Bertz CT molecular complexity index is 564. The maximum Gasteiger partial charge on any atom is 0.0372 e. The van der Waals surface area contributed by atoms with Crippen LogP contribution < -0.4 is 10.2 Å². The second-order valence-electron chi connectivity index (χ2n) is 5.72. The highest BCUT2D eigenvalue weighted by Gasteiger charge is 2.14. The van der Waals surface area contributed by atoms with E-state index in [1.807, 2.05) is 0 Å². The minimum Gasteiger partial charge on any atom is -0.371 e. The first-order chi connectivity index (χ1) is 9.86. The number of nitrogens with one attached hydrogen (secondary N) is 1. The van der Waals surface area contributed by atoms with Crippen LogP contribution in [-0.2, 0) is 0 Å². The standard InChI is InChI=1S/C18H24N2/c1-2-17-10-13-20(12-5-11-19-17)18-9-8-15-6-3-4-7-16(15)14-18/h3-4,6-9,14,17,19H,2,5,10-13H2,1H3. The largest absolute Gasteiger partial charge is 0.371 e. The van der Waals surface area contributed by atoms with Gasteiger partial charge in [0, 0.05) is 24.8 Å². The van der Waals surface area contributed by atoms with Crippen molar-refractivity contribution in [2.24, 2.45) is 0 Å². The van der Waals surface area contributed by atoms with Crippen molar-refractivity contribution in [3.8, 4) is 0 Å². The van der Waals surface area contributed by atoms with Gasteiger partial charge in [0.05, 0.1) is 0 Å². The van der Waals surface area contributed by atoms with Crippen LogP contribution >= 0.6 is 0 Å². The number of fused-ring (bicyclic) bond motifs is 1. The maximum atomic E-state index is 3.65. The van der Waals surface area contributed by atoms with Crippen LogP contribution in [-0.4, -0.2) is 25.7 Å². The number of rotatable bonds is 2. The van der Waals surface area contributed by atoms with Crippen molar-refractivity contribution in [3.63, 3.8) is 0 Å². The lowest BCUT2D eigenvalue weighted by molar-refractivity contribution is 0.439. The Morgan fingerprint density at radius 1 is 1.10 bits per heavy atom. The lowest BCUT2D eigenvalue weighted by atomic mass is 10.1.